The maximum atomic E-state index is 5.74. The van der Waals surface area contributed by atoms with Gasteiger partial charge in [-0.2, -0.15) is 0 Å². The maximum Gasteiger partial charge on any atom is 0.191 e. The van der Waals surface area contributed by atoms with E-state index in [1.807, 2.05) is 31.2 Å². The van der Waals surface area contributed by atoms with Crippen molar-refractivity contribution in [1.82, 2.24) is 4.98 Å². The number of nitrogens with zero attached hydrogens (tertiary/aromatic N) is 1. The minimum atomic E-state index is 0.698. The normalized spacial score (nSPS) is 10.5. The molecule has 1 heterocycles. The van der Waals surface area contributed by atoms with Gasteiger partial charge in [-0.05, 0) is 12.1 Å². The molecular weight excluding hydrogens is 188 g/mol. The van der Waals surface area contributed by atoms with Gasteiger partial charge in [0.15, 0.2) is 5.89 Å². The van der Waals surface area contributed by atoms with E-state index < -0.39 is 0 Å². The van der Waals surface area contributed by atoms with Gasteiger partial charge in [-0.1, -0.05) is 19.1 Å². The van der Waals surface area contributed by atoms with Gasteiger partial charge in [0.25, 0.3) is 0 Å². The number of hydrogen-bond donors (Lipinski definition) is 1. The monoisotopic (exact) mass is 202 g/mol. The molecule has 0 saturated carbocycles. The van der Waals surface area contributed by atoms with Crippen LogP contribution in [0.15, 0.2) is 28.7 Å². The quantitative estimate of drug-likeness (QED) is 0.762. The first-order valence-electron chi connectivity index (χ1n) is 5.03. The summed E-state index contributed by atoms with van der Waals surface area (Å²) in [4.78, 5) is 4.37. The maximum absolute atomic E-state index is 5.74. The molecule has 0 saturated heterocycles. The van der Waals surface area contributed by atoms with Gasteiger partial charge >= 0.3 is 0 Å². The van der Waals surface area contributed by atoms with Crippen molar-refractivity contribution in [3.63, 3.8) is 0 Å². The third kappa shape index (κ3) is 1.86. The van der Waals surface area contributed by atoms with Crippen LogP contribution >= 0.6 is 0 Å². The van der Waals surface area contributed by atoms with Gasteiger partial charge in [0.2, 0.25) is 0 Å². The highest BCUT2D eigenvalue weighted by atomic mass is 16.4. The summed E-state index contributed by atoms with van der Waals surface area (Å²) in [6.07, 6.45) is 0.838. The first-order chi connectivity index (χ1) is 7.20. The predicted octanol–water partition coefficient (Wildman–Crippen LogP) is 2.79. The van der Waals surface area contributed by atoms with Crippen LogP contribution in [0, 0.1) is 6.92 Å². The number of benzene rings is 1. The van der Waals surface area contributed by atoms with Crippen molar-refractivity contribution in [3.05, 3.63) is 35.9 Å². The highest BCUT2D eigenvalue weighted by molar-refractivity contribution is 5.65. The SMILES string of the molecule is CCc1oc(C)nc1-c1cccc(N)c1. The molecule has 0 atom stereocenters. The molecule has 3 heteroatoms. The first-order valence-corrected chi connectivity index (χ1v) is 5.03. The predicted molar refractivity (Wildman–Crippen MR) is 60.5 cm³/mol. The molecular formula is C12H14N2O. The van der Waals surface area contributed by atoms with Gasteiger partial charge in [0.05, 0.1) is 0 Å². The van der Waals surface area contributed by atoms with E-state index in [0.717, 1.165) is 29.1 Å². The zero-order chi connectivity index (χ0) is 10.8. The van der Waals surface area contributed by atoms with E-state index in [-0.39, 0.29) is 0 Å². The summed E-state index contributed by atoms with van der Waals surface area (Å²) in [7, 11) is 0. The van der Waals surface area contributed by atoms with Crippen molar-refractivity contribution in [2.24, 2.45) is 0 Å². The average molecular weight is 202 g/mol. The van der Waals surface area contributed by atoms with Crippen LogP contribution in [-0.2, 0) is 6.42 Å². The highest BCUT2D eigenvalue weighted by Crippen LogP contribution is 2.25. The third-order valence-corrected chi connectivity index (χ3v) is 2.29. The molecule has 15 heavy (non-hydrogen) atoms. The topological polar surface area (TPSA) is 52.0 Å². The van der Waals surface area contributed by atoms with Crippen molar-refractivity contribution in [2.75, 3.05) is 5.73 Å². The summed E-state index contributed by atoms with van der Waals surface area (Å²) in [5.41, 5.74) is 8.40. The number of rotatable bonds is 2. The summed E-state index contributed by atoms with van der Waals surface area (Å²) in [6.45, 7) is 3.91. The molecule has 2 N–H and O–H groups in total. The Morgan fingerprint density at radius 2 is 2.20 bits per heavy atom. The molecule has 0 aliphatic rings. The van der Waals surface area contributed by atoms with Crippen molar-refractivity contribution in [2.45, 2.75) is 20.3 Å². The lowest BCUT2D eigenvalue weighted by atomic mass is 10.1. The molecule has 0 amide bonds. The van der Waals surface area contributed by atoms with Crippen LogP contribution in [0.2, 0.25) is 0 Å². The summed E-state index contributed by atoms with van der Waals surface area (Å²) >= 11 is 0. The van der Waals surface area contributed by atoms with Crippen LogP contribution in [0.25, 0.3) is 11.3 Å². The molecule has 0 spiro atoms. The Morgan fingerprint density at radius 1 is 1.40 bits per heavy atom. The van der Waals surface area contributed by atoms with Gasteiger partial charge in [0.1, 0.15) is 11.5 Å². The molecule has 0 unspecified atom stereocenters. The lowest BCUT2D eigenvalue weighted by Gasteiger charge is -1.99. The molecule has 0 fully saturated rings. The van der Waals surface area contributed by atoms with Crippen LogP contribution in [0.5, 0.6) is 0 Å². The molecule has 0 aliphatic carbocycles. The van der Waals surface area contributed by atoms with Crippen molar-refractivity contribution >= 4 is 5.69 Å². The van der Waals surface area contributed by atoms with E-state index in [2.05, 4.69) is 11.9 Å². The fourth-order valence-corrected chi connectivity index (χ4v) is 1.62. The van der Waals surface area contributed by atoms with Gasteiger partial charge in [-0.25, -0.2) is 4.98 Å². The van der Waals surface area contributed by atoms with Crippen molar-refractivity contribution in [1.29, 1.82) is 0 Å². The van der Waals surface area contributed by atoms with E-state index in [9.17, 15) is 0 Å². The van der Waals surface area contributed by atoms with Gasteiger partial charge in [-0.15, -0.1) is 0 Å². The number of aryl methyl sites for hydroxylation is 2. The van der Waals surface area contributed by atoms with E-state index in [0.29, 0.717) is 5.89 Å². The van der Waals surface area contributed by atoms with Gasteiger partial charge in [0, 0.05) is 24.6 Å². The second kappa shape index (κ2) is 3.77. The Morgan fingerprint density at radius 3 is 2.87 bits per heavy atom. The van der Waals surface area contributed by atoms with Crippen LogP contribution in [0.4, 0.5) is 5.69 Å². The van der Waals surface area contributed by atoms with Crippen LogP contribution in [0.3, 0.4) is 0 Å². The fourth-order valence-electron chi connectivity index (χ4n) is 1.62. The van der Waals surface area contributed by atoms with Crippen LogP contribution in [0.1, 0.15) is 18.6 Å². The van der Waals surface area contributed by atoms with E-state index in [1.54, 1.807) is 0 Å². The zero-order valence-electron chi connectivity index (χ0n) is 8.95. The average Bonchev–Trinajstić information content (AvgIpc) is 2.59. The molecule has 0 aliphatic heterocycles. The minimum absolute atomic E-state index is 0.698. The third-order valence-electron chi connectivity index (χ3n) is 2.29. The summed E-state index contributed by atoms with van der Waals surface area (Å²) in [5.74, 6) is 1.61. The van der Waals surface area contributed by atoms with E-state index in [4.69, 9.17) is 10.2 Å². The smallest absolute Gasteiger partial charge is 0.191 e. The summed E-state index contributed by atoms with van der Waals surface area (Å²) < 4.78 is 5.51. The minimum Gasteiger partial charge on any atom is -0.445 e. The van der Waals surface area contributed by atoms with Crippen LogP contribution < -0.4 is 5.73 Å². The number of hydrogen-bond acceptors (Lipinski definition) is 3. The lowest BCUT2D eigenvalue weighted by Crippen LogP contribution is -1.88. The van der Waals surface area contributed by atoms with E-state index in [1.165, 1.54) is 0 Å². The zero-order valence-corrected chi connectivity index (χ0v) is 8.95. The Hall–Kier alpha value is -1.77. The largest absolute Gasteiger partial charge is 0.445 e. The number of nitrogen functional groups attached to an aromatic ring is 1. The summed E-state index contributed by atoms with van der Waals surface area (Å²) in [6, 6.07) is 7.69. The number of anilines is 1. The lowest BCUT2D eigenvalue weighted by molar-refractivity contribution is 0.480. The fraction of sp³-hybridized carbons (Fsp3) is 0.250. The Kier molecular flexibility index (Phi) is 2.46. The molecule has 78 valence electrons. The van der Waals surface area contributed by atoms with E-state index >= 15 is 0 Å². The molecule has 0 radical (unpaired) electrons. The Bertz CT molecular complexity index is 474. The molecule has 2 rings (SSSR count). The number of oxazole rings is 1. The molecule has 3 nitrogen and oxygen atoms in total. The van der Waals surface area contributed by atoms with Gasteiger partial charge in [-0.3, -0.25) is 0 Å². The van der Waals surface area contributed by atoms with Crippen molar-refractivity contribution < 1.29 is 4.42 Å². The molecule has 1 aromatic carbocycles. The van der Waals surface area contributed by atoms with Crippen LogP contribution in [-0.4, -0.2) is 4.98 Å². The standard InChI is InChI=1S/C12H14N2O/c1-3-11-12(14-8(2)15-11)9-5-4-6-10(13)7-9/h4-7H,3,13H2,1-2H3. The van der Waals surface area contributed by atoms with Crippen molar-refractivity contribution in [3.8, 4) is 11.3 Å². The Labute approximate surface area is 88.9 Å². The van der Waals surface area contributed by atoms with Gasteiger partial charge < -0.3 is 10.2 Å². The second-order valence-corrected chi connectivity index (χ2v) is 3.48. The first kappa shape index (κ1) is 9.77. The molecule has 0 bridgehead atoms. The second-order valence-electron chi connectivity index (χ2n) is 3.48. The highest BCUT2D eigenvalue weighted by Gasteiger charge is 2.11. The number of aromatic nitrogens is 1. The Balaban J connectivity index is 2.53. The molecule has 2 aromatic rings. The number of nitrogens with two attached hydrogens (primary N) is 1. The summed E-state index contributed by atoms with van der Waals surface area (Å²) in [5, 5.41) is 0. The molecule has 1 aromatic heterocycles.